The van der Waals surface area contributed by atoms with E-state index in [0.717, 1.165) is 28.3 Å². The zero-order valence-electron chi connectivity index (χ0n) is 16.1. The molecular weight excluding hydrogens is 372 g/mol. The monoisotopic (exact) mass is 396 g/mol. The molecule has 0 atom stereocenters. The summed E-state index contributed by atoms with van der Waals surface area (Å²) in [6.07, 6.45) is 0.317. The summed E-state index contributed by atoms with van der Waals surface area (Å²) < 4.78 is 8.00. The Bertz CT molecular complexity index is 1010. The number of nitrogens with zero attached hydrogens (tertiary/aromatic N) is 2. The highest BCUT2D eigenvalue weighted by molar-refractivity contribution is 7.71. The maximum Gasteiger partial charge on any atom is 0.221 e. The molecule has 1 aromatic heterocycles. The van der Waals surface area contributed by atoms with Crippen molar-refractivity contribution < 1.29 is 9.53 Å². The number of H-pyrrole nitrogens is 1. The third-order valence-corrected chi connectivity index (χ3v) is 4.59. The predicted octanol–water partition coefficient (Wildman–Crippen LogP) is 3.81. The first-order valence-electron chi connectivity index (χ1n) is 9.21. The smallest absolute Gasteiger partial charge is 0.221 e. The molecule has 0 fully saturated rings. The van der Waals surface area contributed by atoms with Crippen LogP contribution in [-0.4, -0.2) is 33.8 Å². The molecule has 28 heavy (non-hydrogen) atoms. The number of rotatable bonds is 8. The van der Waals surface area contributed by atoms with E-state index >= 15 is 0 Å². The van der Waals surface area contributed by atoms with Gasteiger partial charge in [-0.2, -0.15) is 5.10 Å². The lowest BCUT2D eigenvalue weighted by molar-refractivity contribution is -0.121. The fraction of sp³-hybridized carbons (Fsp3) is 0.286. The maximum absolute atomic E-state index is 12.2. The molecule has 0 saturated heterocycles. The van der Waals surface area contributed by atoms with Gasteiger partial charge in [0.1, 0.15) is 12.4 Å². The van der Waals surface area contributed by atoms with Gasteiger partial charge in [0, 0.05) is 18.5 Å². The second-order valence-electron chi connectivity index (χ2n) is 6.64. The molecule has 0 bridgehead atoms. The number of aryl methyl sites for hydroxylation is 2. The lowest BCUT2D eigenvalue weighted by Crippen LogP contribution is -2.28. The second-order valence-corrected chi connectivity index (χ2v) is 7.03. The largest absolute Gasteiger partial charge is 0.492 e. The van der Waals surface area contributed by atoms with Crippen LogP contribution >= 0.6 is 12.2 Å². The predicted molar refractivity (Wildman–Crippen MR) is 112 cm³/mol. The quantitative estimate of drug-likeness (QED) is 0.449. The van der Waals surface area contributed by atoms with Crippen molar-refractivity contribution in [2.24, 2.45) is 0 Å². The highest BCUT2D eigenvalue weighted by atomic mass is 32.1. The van der Waals surface area contributed by atoms with Gasteiger partial charge in [-0.3, -0.25) is 14.5 Å². The Labute approximate surface area is 169 Å². The molecule has 0 radical (unpaired) electrons. The van der Waals surface area contributed by atoms with Gasteiger partial charge in [0.05, 0.1) is 6.54 Å². The van der Waals surface area contributed by atoms with Gasteiger partial charge in [-0.05, 0) is 49.8 Å². The number of aromatic nitrogens is 3. The van der Waals surface area contributed by atoms with Crippen LogP contribution in [0.15, 0.2) is 48.5 Å². The van der Waals surface area contributed by atoms with Gasteiger partial charge < -0.3 is 10.1 Å². The molecule has 0 aliphatic heterocycles. The van der Waals surface area contributed by atoms with Crippen molar-refractivity contribution in [2.75, 3.05) is 13.2 Å². The van der Waals surface area contributed by atoms with Crippen LogP contribution < -0.4 is 10.1 Å². The van der Waals surface area contributed by atoms with Crippen molar-refractivity contribution in [1.82, 2.24) is 20.1 Å². The summed E-state index contributed by atoms with van der Waals surface area (Å²) in [7, 11) is 0. The van der Waals surface area contributed by atoms with Crippen LogP contribution in [0.5, 0.6) is 5.75 Å². The molecule has 0 spiro atoms. The van der Waals surface area contributed by atoms with Crippen molar-refractivity contribution in [2.45, 2.75) is 26.8 Å². The molecule has 1 heterocycles. The Morgan fingerprint density at radius 3 is 2.68 bits per heavy atom. The third kappa shape index (κ3) is 5.29. The Kier molecular flexibility index (Phi) is 6.60. The minimum absolute atomic E-state index is 0.0499. The van der Waals surface area contributed by atoms with E-state index in [4.69, 9.17) is 17.0 Å². The van der Waals surface area contributed by atoms with Crippen LogP contribution in [0.3, 0.4) is 0 Å². The summed E-state index contributed by atoms with van der Waals surface area (Å²) in [4.78, 5) is 12.2. The van der Waals surface area contributed by atoms with E-state index in [1.807, 2.05) is 66.9 Å². The van der Waals surface area contributed by atoms with Crippen LogP contribution in [0.25, 0.3) is 11.4 Å². The summed E-state index contributed by atoms with van der Waals surface area (Å²) >= 11 is 5.32. The van der Waals surface area contributed by atoms with Crippen LogP contribution in [0, 0.1) is 18.6 Å². The molecule has 1 amide bonds. The van der Waals surface area contributed by atoms with E-state index < -0.39 is 0 Å². The van der Waals surface area contributed by atoms with Crippen LogP contribution in [-0.2, 0) is 11.3 Å². The summed E-state index contributed by atoms with van der Waals surface area (Å²) in [5, 5.41) is 10.0. The molecule has 2 aromatic carbocycles. The van der Waals surface area contributed by atoms with Crippen molar-refractivity contribution in [3.8, 4) is 17.1 Å². The normalized spacial score (nSPS) is 10.6. The van der Waals surface area contributed by atoms with Crippen molar-refractivity contribution in [1.29, 1.82) is 0 Å². The standard InChI is InChI=1S/C21H24N4O2S/c1-15-5-3-7-17(13-15)20-23-24-21(28)25(20)11-9-19(26)22-10-12-27-18-8-4-6-16(2)14-18/h3-8,13-14H,9-12H2,1-2H3,(H,22,26)(H,24,28). The summed E-state index contributed by atoms with van der Waals surface area (Å²) in [5.41, 5.74) is 3.26. The van der Waals surface area contributed by atoms with Crippen LogP contribution in [0.2, 0.25) is 0 Å². The first-order chi connectivity index (χ1) is 13.5. The van der Waals surface area contributed by atoms with Gasteiger partial charge in [-0.15, -0.1) is 0 Å². The number of aromatic amines is 1. The Hall–Kier alpha value is -2.93. The molecule has 0 aliphatic rings. The number of carbonyl (C=O) groups excluding carboxylic acids is 1. The van der Waals surface area contributed by atoms with Crippen LogP contribution in [0.4, 0.5) is 0 Å². The van der Waals surface area contributed by atoms with E-state index in [-0.39, 0.29) is 5.91 Å². The van der Waals surface area contributed by atoms with Gasteiger partial charge in [0.2, 0.25) is 5.91 Å². The molecule has 6 nitrogen and oxygen atoms in total. The summed E-state index contributed by atoms with van der Waals surface area (Å²) in [6.45, 7) is 5.38. The first-order valence-corrected chi connectivity index (χ1v) is 9.62. The molecule has 0 unspecified atom stereocenters. The minimum atomic E-state index is -0.0499. The molecule has 2 N–H and O–H groups in total. The zero-order chi connectivity index (χ0) is 19.9. The van der Waals surface area contributed by atoms with Crippen LogP contribution in [0.1, 0.15) is 17.5 Å². The van der Waals surface area contributed by atoms with Gasteiger partial charge in [-0.25, -0.2) is 0 Å². The molecule has 146 valence electrons. The van der Waals surface area contributed by atoms with Crippen molar-refractivity contribution in [3.05, 3.63) is 64.4 Å². The molecule has 3 rings (SSSR count). The molecular formula is C21H24N4O2S. The van der Waals surface area contributed by atoms with E-state index in [1.165, 1.54) is 0 Å². The molecule has 7 heteroatoms. The highest BCUT2D eigenvalue weighted by Crippen LogP contribution is 2.18. The number of nitrogens with one attached hydrogen (secondary N) is 2. The summed E-state index contributed by atoms with van der Waals surface area (Å²) in [5.74, 6) is 1.50. The maximum atomic E-state index is 12.2. The summed E-state index contributed by atoms with van der Waals surface area (Å²) in [6, 6.07) is 15.9. The first kappa shape index (κ1) is 19.8. The third-order valence-electron chi connectivity index (χ3n) is 4.28. The van der Waals surface area contributed by atoms with Crippen molar-refractivity contribution >= 4 is 18.1 Å². The number of ether oxygens (including phenoxy) is 1. The number of hydrogen-bond acceptors (Lipinski definition) is 4. The Balaban J connectivity index is 1.50. The second kappa shape index (κ2) is 9.32. The van der Waals surface area contributed by atoms with Gasteiger partial charge in [-0.1, -0.05) is 35.9 Å². The molecule has 3 aromatic rings. The molecule has 0 saturated carbocycles. The fourth-order valence-electron chi connectivity index (χ4n) is 2.90. The lowest BCUT2D eigenvalue weighted by atomic mass is 10.1. The fourth-order valence-corrected chi connectivity index (χ4v) is 3.12. The van der Waals surface area contributed by atoms with Gasteiger partial charge in [0.25, 0.3) is 0 Å². The molecule has 0 aliphatic carbocycles. The minimum Gasteiger partial charge on any atom is -0.492 e. The lowest BCUT2D eigenvalue weighted by Gasteiger charge is -2.10. The average molecular weight is 397 g/mol. The van der Waals surface area contributed by atoms with E-state index in [9.17, 15) is 4.79 Å². The van der Waals surface area contributed by atoms with E-state index in [1.54, 1.807) is 0 Å². The highest BCUT2D eigenvalue weighted by Gasteiger charge is 2.10. The van der Waals surface area contributed by atoms with E-state index in [0.29, 0.717) is 30.9 Å². The average Bonchev–Trinajstić information content (AvgIpc) is 3.04. The topological polar surface area (TPSA) is 71.9 Å². The number of carbonyl (C=O) groups is 1. The number of amides is 1. The Morgan fingerprint density at radius 1 is 1.18 bits per heavy atom. The Morgan fingerprint density at radius 2 is 1.93 bits per heavy atom. The van der Waals surface area contributed by atoms with E-state index in [2.05, 4.69) is 15.5 Å². The van der Waals surface area contributed by atoms with Gasteiger partial charge >= 0.3 is 0 Å². The van der Waals surface area contributed by atoms with Gasteiger partial charge in [0.15, 0.2) is 10.6 Å². The number of hydrogen-bond donors (Lipinski definition) is 2. The SMILES string of the molecule is Cc1cccc(OCCNC(=O)CCn2c(-c3cccc(C)c3)n[nH]c2=S)c1. The zero-order valence-corrected chi connectivity index (χ0v) is 16.9. The number of benzene rings is 2. The van der Waals surface area contributed by atoms with Crippen molar-refractivity contribution in [3.63, 3.8) is 0 Å².